The first-order chi connectivity index (χ1) is 5.65. The van der Waals surface area contributed by atoms with Gasteiger partial charge in [0.05, 0.1) is 14.0 Å². The van der Waals surface area contributed by atoms with Gasteiger partial charge in [-0.1, -0.05) is 15.9 Å². The first-order valence-electron chi connectivity index (χ1n) is 3.04. The van der Waals surface area contributed by atoms with E-state index in [0.29, 0.717) is 4.88 Å². The van der Waals surface area contributed by atoms with Crippen LogP contribution < -0.4 is 0 Å². The number of hydrogen-bond acceptors (Lipinski definition) is 3. The lowest BCUT2D eigenvalue weighted by molar-refractivity contribution is -0.112. The summed E-state index contributed by atoms with van der Waals surface area (Å²) in [5.74, 6) is -0.841. The fraction of sp³-hybridized carbons (Fsp3) is 0.143. The van der Waals surface area contributed by atoms with Crippen molar-refractivity contribution >= 4 is 54.8 Å². The average molecular weight is 312 g/mol. The molecule has 0 aromatic carbocycles. The lowest BCUT2D eigenvalue weighted by Gasteiger charge is -1.89. The fourth-order valence-electron chi connectivity index (χ4n) is 0.634. The zero-order chi connectivity index (χ0) is 9.14. The first-order valence-corrected chi connectivity index (χ1v) is 5.77. The van der Waals surface area contributed by atoms with Crippen LogP contribution in [0.1, 0.15) is 9.67 Å². The zero-order valence-corrected chi connectivity index (χ0v) is 9.83. The maximum Gasteiger partial charge on any atom is 0.239 e. The van der Waals surface area contributed by atoms with E-state index in [1.165, 1.54) is 11.3 Å². The molecule has 0 aliphatic rings. The Labute approximate surface area is 90.2 Å². The van der Waals surface area contributed by atoms with Crippen molar-refractivity contribution in [3.05, 3.63) is 20.8 Å². The molecule has 0 spiro atoms. The quantitative estimate of drug-likeness (QED) is 0.488. The number of thiophene rings is 1. The maximum absolute atomic E-state index is 11.2. The van der Waals surface area contributed by atoms with Gasteiger partial charge in [-0.2, -0.15) is 0 Å². The van der Waals surface area contributed by atoms with Crippen LogP contribution in [0.3, 0.4) is 0 Å². The van der Waals surface area contributed by atoms with Gasteiger partial charge in [0, 0.05) is 0 Å². The number of Topliss-reactive ketones (excluding diaryl/α,β-unsaturated/α-hetero) is 2. The summed E-state index contributed by atoms with van der Waals surface area (Å²) in [6.07, 6.45) is 0. The van der Waals surface area contributed by atoms with Crippen molar-refractivity contribution in [3.63, 3.8) is 0 Å². The number of hydrogen-bond donors (Lipinski definition) is 0. The van der Waals surface area contributed by atoms with Gasteiger partial charge in [0.25, 0.3) is 0 Å². The van der Waals surface area contributed by atoms with Gasteiger partial charge < -0.3 is 0 Å². The largest absolute Gasteiger partial charge is 0.289 e. The third-order valence-corrected chi connectivity index (χ3v) is 3.30. The molecular formula is C7H4Br2O2S. The molecule has 1 rings (SSSR count). The molecule has 0 aliphatic carbocycles. The van der Waals surface area contributed by atoms with E-state index in [1.807, 2.05) is 0 Å². The second kappa shape index (κ2) is 4.30. The van der Waals surface area contributed by atoms with Crippen LogP contribution in [0.2, 0.25) is 0 Å². The van der Waals surface area contributed by atoms with Gasteiger partial charge in [-0.05, 0) is 28.1 Å². The Balaban J connectivity index is 2.85. The topological polar surface area (TPSA) is 34.1 Å². The summed E-state index contributed by atoms with van der Waals surface area (Å²) in [4.78, 5) is 22.6. The summed E-state index contributed by atoms with van der Waals surface area (Å²) in [7, 11) is 0. The maximum atomic E-state index is 11.2. The van der Waals surface area contributed by atoms with Crippen molar-refractivity contribution in [1.29, 1.82) is 0 Å². The number of halogens is 2. The molecule has 0 bridgehead atoms. The minimum Gasteiger partial charge on any atom is -0.289 e. The summed E-state index contributed by atoms with van der Waals surface area (Å²) in [5.41, 5.74) is 0. The normalized spacial score (nSPS) is 9.83. The van der Waals surface area contributed by atoms with Gasteiger partial charge in [-0.25, -0.2) is 0 Å². The molecule has 1 heterocycles. The molecule has 5 heteroatoms. The van der Waals surface area contributed by atoms with E-state index in [-0.39, 0.29) is 5.33 Å². The van der Waals surface area contributed by atoms with Crippen molar-refractivity contribution in [3.8, 4) is 0 Å². The fourth-order valence-corrected chi connectivity index (χ4v) is 2.23. The predicted octanol–water partition coefficient (Wildman–Crippen LogP) is 2.66. The molecule has 12 heavy (non-hydrogen) atoms. The molecule has 1 aromatic rings. The van der Waals surface area contributed by atoms with Crippen LogP contribution in [-0.4, -0.2) is 16.9 Å². The van der Waals surface area contributed by atoms with E-state index in [1.54, 1.807) is 12.1 Å². The lowest BCUT2D eigenvalue weighted by Crippen LogP contribution is -2.13. The molecule has 0 unspecified atom stereocenters. The Morgan fingerprint density at radius 3 is 2.50 bits per heavy atom. The highest BCUT2D eigenvalue weighted by atomic mass is 79.9. The van der Waals surface area contributed by atoms with Crippen LogP contribution in [0, 0.1) is 0 Å². The average Bonchev–Trinajstić information content (AvgIpc) is 2.49. The molecule has 0 saturated carbocycles. The number of carbonyl (C=O) groups is 2. The van der Waals surface area contributed by atoms with Crippen LogP contribution >= 0.6 is 43.2 Å². The predicted molar refractivity (Wildman–Crippen MR) is 55.2 cm³/mol. The van der Waals surface area contributed by atoms with Crippen LogP contribution in [0.4, 0.5) is 0 Å². The number of ketones is 2. The second-order valence-electron chi connectivity index (χ2n) is 1.99. The highest BCUT2D eigenvalue weighted by Gasteiger charge is 2.15. The Hall–Kier alpha value is -0.0000000000000000833. The van der Waals surface area contributed by atoms with Gasteiger partial charge in [0.15, 0.2) is 0 Å². The molecule has 0 radical (unpaired) electrons. The van der Waals surface area contributed by atoms with E-state index >= 15 is 0 Å². The van der Waals surface area contributed by atoms with Crippen LogP contribution in [-0.2, 0) is 4.79 Å². The lowest BCUT2D eigenvalue weighted by atomic mass is 10.2. The smallest absolute Gasteiger partial charge is 0.239 e. The van der Waals surface area contributed by atoms with Crippen LogP contribution in [0.25, 0.3) is 0 Å². The van der Waals surface area contributed by atoms with Gasteiger partial charge in [-0.15, -0.1) is 11.3 Å². The Morgan fingerprint density at radius 1 is 1.42 bits per heavy atom. The molecule has 64 valence electrons. The minimum atomic E-state index is -0.428. The van der Waals surface area contributed by atoms with Crippen LogP contribution in [0.5, 0.6) is 0 Å². The highest BCUT2D eigenvalue weighted by Crippen LogP contribution is 2.22. The van der Waals surface area contributed by atoms with Crippen molar-refractivity contribution in [1.82, 2.24) is 0 Å². The molecular weight excluding hydrogens is 308 g/mol. The van der Waals surface area contributed by atoms with Crippen molar-refractivity contribution < 1.29 is 9.59 Å². The molecule has 0 saturated heterocycles. The minimum absolute atomic E-state index is 0.0847. The van der Waals surface area contributed by atoms with E-state index in [9.17, 15) is 9.59 Å². The standard InChI is InChI=1S/C7H4Br2O2S/c8-3-4(10)7(11)5-1-2-6(9)12-5/h1-2H,3H2. The monoisotopic (exact) mass is 310 g/mol. The summed E-state index contributed by atoms with van der Waals surface area (Å²) in [5, 5.41) is 0.0847. The second-order valence-corrected chi connectivity index (χ2v) is 5.01. The zero-order valence-electron chi connectivity index (χ0n) is 5.84. The first kappa shape index (κ1) is 10.1. The number of carbonyl (C=O) groups excluding carboxylic acids is 2. The molecule has 2 nitrogen and oxygen atoms in total. The third-order valence-electron chi connectivity index (χ3n) is 1.17. The molecule has 0 aliphatic heterocycles. The van der Waals surface area contributed by atoms with E-state index < -0.39 is 11.6 Å². The summed E-state index contributed by atoms with van der Waals surface area (Å²) >= 11 is 7.42. The van der Waals surface area contributed by atoms with Gasteiger partial charge in [-0.3, -0.25) is 9.59 Å². The summed E-state index contributed by atoms with van der Waals surface area (Å²) in [6, 6.07) is 3.39. The van der Waals surface area contributed by atoms with Crippen molar-refractivity contribution in [2.24, 2.45) is 0 Å². The van der Waals surface area contributed by atoms with E-state index in [4.69, 9.17) is 0 Å². The Kier molecular flexibility index (Phi) is 3.61. The van der Waals surface area contributed by atoms with Gasteiger partial charge in [0.1, 0.15) is 0 Å². The highest BCUT2D eigenvalue weighted by molar-refractivity contribution is 9.11. The molecule has 1 aromatic heterocycles. The molecule has 0 atom stereocenters. The number of alkyl halides is 1. The van der Waals surface area contributed by atoms with Gasteiger partial charge >= 0.3 is 0 Å². The molecule has 0 fully saturated rings. The third kappa shape index (κ3) is 2.24. The summed E-state index contributed by atoms with van der Waals surface area (Å²) in [6.45, 7) is 0. The van der Waals surface area contributed by atoms with Crippen LogP contribution in [0.15, 0.2) is 15.9 Å². The van der Waals surface area contributed by atoms with Crippen molar-refractivity contribution in [2.75, 3.05) is 5.33 Å². The molecule has 0 amide bonds. The van der Waals surface area contributed by atoms with Gasteiger partial charge in [0.2, 0.25) is 11.6 Å². The van der Waals surface area contributed by atoms with Crippen molar-refractivity contribution in [2.45, 2.75) is 0 Å². The van der Waals surface area contributed by atoms with E-state index in [0.717, 1.165) is 3.79 Å². The number of rotatable bonds is 3. The summed E-state index contributed by atoms with van der Waals surface area (Å²) < 4.78 is 0.855. The molecule has 0 N–H and O–H groups in total. The Bertz CT molecular complexity index is 319. The SMILES string of the molecule is O=C(CBr)C(=O)c1ccc(Br)s1. The van der Waals surface area contributed by atoms with E-state index in [2.05, 4.69) is 31.9 Å². The Morgan fingerprint density at radius 2 is 2.08 bits per heavy atom.